The Bertz CT molecular complexity index is 427. The molecule has 1 atom stereocenters. The zero-order chi connectivity index (χ0) is 13.0. The smallest absolute Gasteiger partial charge is 0.253 e. The summed E-state index contributed by atoms with van der Waals surface area (Å²) in [6, 6.07) is 2.88. The van der Waals surface area contributed by atoms with Gasteiger partial charge in [-0.2, -0.15) is 0 Å². The predicted molar refractivity (Wildman–Crippen MR) is 67.0 cm³/mol. The Morgan fingerprint density at radius 1 is 1.39 bits per heavy atom. The minimum absolute atomic E-state index is 0.00950. The second-order valence-corrected chi connectivity index (χ2v) is 4.47. The lowest BCUT2D eigenvalue weighted by molar-refractivity contribution is -0.131. The van der Waals surface area contributed by atoms with Crippen LogP contribution in [-0.4, -0.2) is 40.8 Å². The van der Waals surface area contributed by atoms with Gasteiger partial charge in [0.05, 0.1) is 5.56 Å². The number of pyridine rings is 1. The van der Waals surface area contributed by atoms with E-state index in [1.807, 2.05) is 0 Å². The Kier molecular flexibility index (Phi) is 3.92. The van der Waals surface area contributed by atoms with Gasteiger partial charge >= 0.3 is 0 Å². The van der Waals surface area contributed by atoms with Crippen molar-refractivity contribution in [3.8, 4) is 0 Å². The molecule has 0 spiro atoms. The molecular formula is C13H17N3O2. The van der Waals surface area contributed by atoms with E-state index in [9.17, 15) is 9.59 Å². The number of hydrogen-bond donors (Lipinski definition) is 1. The maximum absolute atomic E-state index is 12.0. The first-order valence-electron chi connectivity index (χ1n) is 6.18. The number of amides is 2. The summed E-state index contributed by atoms with van der Waals surface area (Å²) in [7, 11) is 0. The van der Waals surface area contributed by atoms with Gasteiger partial charge in [-0.15, -0.1) is 0 Å². The minimum Gasteiger partial charge on any atom is -0.341 e. The first-order valence-corrected chi connectivity index (χ1v) is 6.18. The van der Waals surface area contributed by atoms with Crippen molar-refractivity contribution in [2.45, 2.75) is 25.8 Å². The number of likely N-dealkylation sites (tertiary alicyclic amines) is 1. The monoisotopic (exact) mass is 247 g/mol. The van der Waals surface area contributed by atoms with Crippen LogP contribution in [0.5, 0.6) is 0 Å². The zero-order valence-electron chi connectivity index (χ0n) is 10.4. The van der Waals surface area contributed by atoms with Crippen molar-refractivity contribution < 1.29 is 9.59 Å². The largest absolute Gasteiger partial charge is 0.341 e. The Hall–Kier alpha value is -1.91. The Morgan fingerprint density at radius 2 is 2.11 bits per heavy atom. The number of aromatic nitrogens is 1. The van der Waals surface area contributed by atoms with Gasteiger partial charge in [0.25, 0.3) is 5.91 Å². The lowest BCUT2D eigenvalue weighted by Gasteiger charge is -2.21. The van der Waals surface area contributed by atoms with Crippen LogP contribution in [0.25, 0.3) is 0 Å². The third-order valence-electron chi connectivity index (χ3n) is 3.06. The Balaban J connectivity index is 1.92. The number of hydrogen-bond acceptors (Lipinski definition) is 3. The summed E-state index contributed by atoms with van der Waals surface area (Å²) in [5.74, 6) is -0.270. The van der Waals surface area contributed by atoms with Gasteiger partial charge in [-0.3, -0.25) is 14.6 Å². The lowest BCUT2D eigenvalue weighted by Crippen LogP contribution is -2.45. The molecule has 0 bridgehead atoms. The van der Waals surface area contributed by atoms with Crippen LogP contribution >= 0.6 is 0 Å². The first kappa shape index (κ1) is 12.5. The number of rotatable bonds is 3. The molecule has 0 radical (unpaired) electrons. The topological polar surface area (TPSA) is 62.3 Å². The van der Waals surface area contributed by atoms with E-state index in [1.165, 1.54) is 6.20 Å². The third kappa shape index (κ3) is 2.85. The fraction of sp³-hybridized carbons (Fsp3) is 0.462. The van der Waals surface area contributed by atoms with Crippen LogP contribution in [0.3, 0.4) is 0 Å². The summed E-state index contributed by atoms with van der Waals surface area (Å²) < 4.78 is 0. The van der Waals surface area contributed by atoms with Gasteiger partial charge in [0.2, 0.25) is 5.91 Å². The fourth-order valence-corrected chi connectivity index (χ4v) is 2.05. The number of nitrogens with zero attached hydrogens (tertiary/aromatic N) is 2. The van der Waals surface area contributed by atoms with Crippen molar-refractivity contribution >= 4 is 11.8 Å². The molecule has 2 heterocycles. The second kappa shape index (κ2) is 5.62. The molecule has 2 amide bonds. The van der Waals surface area contributed by atoms with Crippen LogP contribution in [0, 0.1) is 0 Å². The van der Waals surface area contributed by atoms with Gasteiger partial charge in [0.1, 0.15) is 6.04 Å². The second-order valence-electron chi connectivity index (χ2n) is 4.47. The van der Waals surface area contributed by atoms with Crippen molar-refractivity contribution in [2.75, 3.05) is 13.1 Å². The number of carbonyl (C=O) groups is 2. The van der Waals surface area contributed by atoms with Crippen LogP contribution in [0.4, 0.5) is 0 Å². The van der Waals surface area contributed by atoms with Gasteiger partial charge < -0.3 is 10.2 Å². The number of nitrogens with one attached hydrogen (secondary N) is 1. The van der Waals surface area contributed by atoms with E-state index in [0.29, 0.717) is 5.56 Å². The zero-order valence-corrected chi connectivity index (χ0v) is 10.4. The summed E-state index contributed by atoms with van der Waals surface area (Å²) in [5, 5.41) is 2.70. The summed E-state index contributed by atoms with van der Waals surface area (Å²) in [5.41, 5.74) is 0.471. The molecule has 18 heavy (non-hydrogen) atoms. The quantitative estimate of drug-likeness (QED) is 0.860. The fourth-order valence-electron chi connectivity index (χ4n) is 2.05. The van der Waals surface area contributed by atoms with Crippen LogP contribution in [0.2, 0.25) is 0 Å². The van der Waals surface area contributed by atoms with Crippen LogP contribution in [0.1, 0.15) is 30.1 Å². The summed E-state index contributed by atoms with van der Waals surface area (Å²) in [6.07, 6.45) is 5.20. The maximum atomic E-state index is 12.0. The predicted octanol–water partition coefficient (Wildman–Crippen LogP) is 0.822. The molecule has 0 aliphatic carbocycles. The molecule has 2 rings (SSSR count). The lowest BCUT2D eigenvalue weighted by atomic mass is 10.2. The molecule has 1 aliphatic heterocycles. The van der Waals surface area contributed by atoms with Crippen molar-refractivity contribution in [1.82, 2.24) is 15.2 Å². The van der Waals surface area contributed by atoms with Gasteiger partial charge in [-0.05, 0) is 31.9 Å². The van der Waals surface area contributed by atoms with E-state index >= 15 is 0 Å². The highest BCUT2D eigenvalue weighted by atomic mass is 16.2. The minimum atomic E-state index is -0.490. The summed E-state index contributed by atoms with van der Waals surface area (Å²) in [6.45, 7) is 3.31. The van der Waals surface area contributed by atoms with Gasteiger partial charge in [-0.25, -0.2) is 0 Å². The SMILES string of the molecule is C[C@H](NC(=O)c1cccnc1)C(=O)N1CCCC1. The molecule has 1 aliphatic rings. The highest BCUT2D eigenvalue weighted by molar-refractivity contribution is 5.97. The third-order valence-corrected chi connectivity index (χ3v) is 3.06. The van der Waals surface area contributed by atoms with Crippen LogP contribution < -0.4 is 5.32 Å². The Labute approximate surface area is 106 Å². The number of carbonyl (C=O) groups excluding carboxylic acids is 2. The molecule has 5 nitrogen and oxygen atoms in total. The molecule has 96 valence electrons. The van der Waals surface area contributed by atoms with E-state index in [0.717, 1.165) is 25.9 Å². The van der Waals surface area contributed by atoms with Gasteiger partial charge in [0.15, 0.2) is 0 Å². The van der Waals surface area contributed by atoms with Crippen LogP contribution in [-0.2, 0) is 4.79 Å². The van der Waals surface area contributed by atoms with Crippen molar-refractivity contribution in [3.63, 3.8) is 0 Å². The molecule has 0 aromatic carbocycles. The summed E-state index contributed by atoms with van der Waals surface area (Å²) in [4.78, 5) is 29.5. The summed E-state index contributed by atoms with van der Waals surface area (Å²) >= 11 is 0. The highest BCUT2D eigenvalue weighted by Crippen LogP contribution is 2.09. The normalized spacial score (nSPS) is 16.4. The Morgan fingerprint density at radius 3 is 2.72 bits per heavy atom. The van der Waals surface area contributed by atoms with Crippen molar-refractivity contribution in [3.05, 3.63) is 30.1 Å². The molecule has 1 aromatic rings. The van der Waals surface area contributed by atoms with Crippen molar-refractivity contribution in [1.29, 1.82) is 0 Å². The van der Waals surface area contributed by atoms with Crippen molar-refractivity contribution in [2.24, 2.45) is 0 Å². The maximum Gasteiger partial charge on any atom is 0.253 e. The highest BCUT2D eigenvalue weighted by Gasteiger charge is 2.24. The molecule has 0 saturated carbocycles. The van der Waals surface area contributed by atoms with E-state index < -0.39 is 6.04 Å². The average Bonchev–Trinajstić information content (AvgIpc) is 2.92. The van der Waals surface area contributed by atoms with Gasteiger partial charge in [-0.1, -0.05) is 0 Å². The molecule has 5 heteroatoms. The molecular weight excluding hydrogens is 230 g/mol. The van der Waals surface area contributed by atoms with Crippen LogP contribution in [0.15, 0.2) is 24.5 Å². The molecule has 0 unspecified atom stereocenters. The molecule has 1 fully saturated rings. The molecule has 1 aromatic heterocycles. The molecule has 1 saturated heterocycles. The van der Waals surface area contributed by atoms with E-state index in [1.54, 1.807) is 30.2 Å². The first-order chi connectivity index (χ1) is 8.68. The standard InChI is InChI=1S/C13H17N3O2/c1-10(13(18)16-7-2-3-8-16)15-12(17)11-5-4-6-14-9-11/h4-6,9-10H,2-3,7-8H2,1H3,(H,15,17)/t10-/m0/s1. The molecule has 1 N–H and O–H groups in total. The van der Waals surface area contributed by atoms with E-state index in [2.05, 4.69) is 10.3 Å². The van der Waals surface area contributed by atoms with Gasteiger partial charge in [0, 0.05) is 25.5 Å². The van der Waals surface area contributed by atoms with E-state index in [-0.39, 0.29) is 11.8 Å². The van der Waals surface area contributed by atoms with E-state index in [4.69, 9.17) is 0 Å². The average molecular weight is 247 g/mol.